The lowest BCUT2D eigenvalue weighted by atomic mass is 10.1. The highest BCUT2D eigenvalue weighted by atomic mass is 16.2. The molecule has 132 valence electrons. The van der Waals surface area contributed by atoms with Crippen molar-refractivity contribution in [1.82, 2.24) is 14.8 Å². The molecule has 2 heterocycles. The zero-order valence-corrected chi connectivity index (χ0v) is 15.3. The number of hydrogen-bond acceptors (Lipinski definition) is 4. The largest absolute Gasteiger partial charge is 0.340 e. The van der Waals surface area contributed by atoms with Crippen molar-refractivity contribution in [1.29, 1.82) is 0 Å². The first-order valence-electron chi connectivity index (χ1n) is 8.85. The summed E-state index contributed by atoms with van der Waals surface area (Å²) in [5.41, 5.74) is 3.95. The van der Waals surface area contributed by atoms with Gasteiger partial charge in [-0.15, -0.1) is 0 Å². The fourth-order valence-electron chi connectivity index (χ4n) is 3.19. The third-order valence-corrected chi connectivity index (χ3v) is 4.70. The third-order valence-electron chi connectivity index (χ3n) is 4.70. The summed E-state index contributed by atoms with van der Waals surface area (Å²) in [5.74, 6) is 0.0720. The van der Waals surface area contributed by atoms with Gasteiger partial charge < -0.3 is 14.7 Å². The Morgan fingerprint density at radius 1 is 1.12 bits per heavy atom. The molecule has 25 heavy (non-hydrogen) atoms. The fourth-order valence-corrected chi connectivity index (χ4v) is 3.19. The van der Waals surface area contributed by atoms with Crippen molar-refractivity contribution in [3.8, 4) is 0 Å². The number of anilines is 2. The Labute approximate surface area is 149 Å². The maximum atomic E-state index is 12.8. The standard InChI is InChI=1S/C20H26N4O/c1-4-24(18-7-5-6-16(2)12-18)19-13-17(14-21-15-19)20(25)23-10-8-22(3)9-11-23/h5-7,12-15H,4,8-11H2,1-3H3. The number of carbonyl (C=O) groups is 1. The summed E-state index contributed by atoms with van der Waals surface area (Å²) in [6.45, 7) is 8.40. The van der Waals surface area contributed by atoms with E-state index in [0.717, 1.165) is 44.1 Å². The Balaban J connectivity index is 1.84. The number of carbonyl (C=O) groups excluding carboxylic acids is 1. The Morgan fingerprint density at radius 3 is 2.56 bits per heavy atom. The highest BCUT2D eigenvalue weighted by Gasteiger charge is 2.21. The molecule has 1 amide bonds. The lowest BCUT2D eigenvalue weighted by Gasteiger charge is -2.32. The van der Waals surface area contributed by atoms with Crippen molar-refractivity contribution < 1.29 is 4.79 Å². The second-order valence-electron chi connectivity index (χ2n) is 6.61. The van der Waals surface area contributed by atoms with Gasteiger partial charge in [0, 0.05) is 44.6 Å². The van der Waals surface area contributed by atoms with E-state index in [0.29, 0.717) is 5.56 Å². The minimum Gasteiger partial charge on any atom is -0.340 e. The predicted molar refractivity (Wildman–Crippen MR) is 101 cm³/mol. The quantitative estimate of drug-likeness (QED) is 0.859. The summed E-state index contributed by atoms with van der Waals surface area (Å²) in [5, 5.41) is 0. The summed E-state index contributed by atoms with van der Waals surface area (Å²) in [4.78, 5) is 23.5. The number of likely N-dealkylation sites (N-methyl/N-ethyl adjacent to an activating group) is 1. The van der Waals surface area contributed by atoms with Crippen LogP contribution in [0.15, 0.2) is 42.7 Å². The lowest BCUT2D eigenvalue weighted by Crippen LogP contribution is -2.47. The van der Waals surface area contributed by atoms with E-state index < -0.39 is 0 Å². The molecule has 1 aromatic heterocycles. The summed E-state index contributed by atoms with van der Waals surface area (Å²) in [6.07, 6.45) is 3.50. The molecule has 1 aliphatic heterocycles. The van der Waals surface area contributed by atoms with Gasteiger partial charge >= 0.3 is 0 Å². The van der Waals surface area contributed by atoms with E-state index in [4.69, 9.17) is 0 Å². The molecule has 0 radical (unpaired) electrons. The smallest absolute Gasteiger partial charge is 0.255 e. The van der Waals surface area contributed by atoms with E-state index >= 15 is 0 Å². The molecule has 1 aliphatic rings. The number of amides is 1. The van der Waals surface area contributed by atoms with Crippen LogP contribution in [0.1, 0.15) is 22.8 Å². The molecule has 1 saturated heterocycles. The van der Waals surface area contributed by atoms with E-state index in [1.807, 2.05) is 17.2 Å². The van der Waals surface area contributed by atoms with Gasteiger partial charge in [0.05, 0.1) is 17.4 Å². The molecule has 1 aromatic carbocycles. The van der Waals surface area contributed by atoms with Gasteiger partial charge in [0.1, 0.15) is 0 Å². The maximum absolute atomic E-state index is 12.8. The third kappa shape index (κ3) is 3.99. The summed E-state index contributed by atoms with van der Waals surface area (Å²) >= 11 is 0. The number of rotatable bonds is 4. The van der Waals surface area contributed by atoms with E-state index in [2.05, 4.69) is 59.9 Å². The first-order valence-corrected chi connectivity index (χ1v) is 8.85. The van der Waals surface area contributed by atoms with Gasteiger partial charge in [-0.2, -0.15) is 0 Å². The lowest BCUT2D eigenvalue weighted by molar-refractivity contribution is 0.0663. The van der Waals surface area contributed by atoms with Crippen LogP contribution in [-0.2, 0) is 0 Å². The summed E-state index contributed by atoms with van der Waals surface area (Å²) in [7, 11) is 2.09. The van der Waals surface area contributed by atoms with Crippen LogP contribution in [-0.4, -0.2) is 60.5 Å². The van der Waals surface area contributed by atoms with Crippen LogP contribution in [0.4, 0.5) is 11.4 Å². The molecule has 2 aromatic rings. The van der Waals surface area contributed by atoms with Gasteiger partial charge in [0.25, 0.3) is 5.91 Å². The number of aromatic nitrogens is 1. The molecule has 0 saturated carbocycles. The monoisotopic (exact) mass is 338 g/mol. The molecule has 5 nitrogen and oxygen atoms in total. The van der Waals surface area contributed by atoms with Crippen molar-refractivity contribution in [2.24, 2.45) is 0 Å². The first-order chi connectivity index (χ1) is 12.1. The molecule has 0 N–H and O–H groups in total. The van der Waals surface area contributed by atoms with Crippen LogP contribution in [0.3, 0.4) is 0 Å². The van der Waals surface area contributed by atoms with Gasteiger partial charge in [0.2, 0.25) is 0 Å². The van der Waals surface area contributed by atoms with Crippen LogP contribution in [0.5, 0.6) is 0 Å². The normalized spacial score (nSPS) is 15.2. The SMILES string of the molecule is CCN(c1cccc(C)c1)c1cncc(C(=O)N2CCN(C)CC2)c1. The summed E-state index contributed by atoms with van der Waals surface area (Å²) in [6, 6.07) is 10.3. The highest BCUT2D eigenvalue weighted by molar-refractivity contribution is 5.95. The first kappa shape index (κ1) is 17.4. The van der Waals surface area contributed by atoms with Crippen LogP contribution in [0, 0.1) is 6.92 Å². The molecule has 1 fully saturated rings. The van der Waals surface area contributed by atoms with Gasteiger partial charge in [-0.25, -0.2) is 0 Å². The van der Waals surface area contributed by atoms with Gasteiger partial charge in [-0.3, -0.25) is 9.78 Å². The van der Waals surface area contributed by atoms with Gasteiger partial charge in [0.15, 0.2) is 0 Å². The van der Waals surface area contributed by atoms with E-state index in [-0.39, 0.29) is 5.91 Å². The second kappa shape index (κ2) is 7.66. The van der Waals surface area contributed by atoms with E-state index in [9.17, 15) is 4.79 Å². The average Bonchev–Trinajstić information content (AvgIpc) is 2.63. The molecular formula is C20H26N4O. The number of aryl methyl sites for hydroxylation is 1. The number of piperazine rings is 1. The van der Waals surface area contributed by atoms with Gasteiger partial charge in [-0.05, 0) is 44.7 Å². The minimum absolute atomic E-state index is 0.0720. The topological polar surface area (TPSA) is 39.7 Å². The molecule has 3 rings (SSSR count). The molecule has 0 spiro atoms. The van der Waals surface area contributed by atoms with E-state index in [1.165, 1.54) is 5.56 Å². The van der Waals surface area contributed by atoms with Crippen LogP contribution in [0.2, 0.25) is 0 Å². The maximum Gasteiger partial charge on any atom is 0.255 e. The molecular weight excluding hydrogens is 312 g/mol. The average molecular weight is 338 g/mol. The molecule has 5 heteroatoms. The fraction of sp³-hybridized carbons (Fsp3) is 0.400. The Hall–Kier alpha value is -2.40. The molecule has 0 atom stereocenters. The Bertz CT molecular complexity index is 738. The number of pyridine rings is 1. The number of benzene rings is 1. The van der Waals surface area contributed by atoms with Crippen LogP contribution >= 0.6 is 0 Å². The number of nitrogens with zero attached hydrogens (tertiary/aromatic N) is 4. The van der Waals surface area contributed by atoms with Crippen molar-refractivity contribution in [3.63, 3.8) is 0 Å². The zero-order chi connectivity index (χ0) is 17.8. The van der Waals surface area contributed by atoms with E-state index in [1.54, 1.807) is 6.20 Å². The van der Waals surface area contributed by atoms with Crippen molar-refractivity contribution in [2.75, 3.05) is 44.7 Å². The van der Waals surface area contributed by atoms with Crippen molar-refractivity contribution in [3.05, 3.63) is 53.9 Å². The second-order valence-corrected chi connectivity index (χ2v) is 6.61. The van der Waals surface area contributed by atoms with Gasteiger partial charge in [-0.1, -0.05) is 12.1 Å². The number of hydrogen-bond donors (Lipinski definition) is 0. The van der Waals surface area contributed by atoms with Crippen molar-refractivity contribution >= 4 is 17.3 Å². The minimum atomic E-state index is 0.0720. The predicted octanol–water partition coefficient (Wildman–Crippen LogP) is 2.94. The van der Waals surface area contributed by atoms with Crippen molar-refractivity contribution in [2.45, 2.75) is 13.8 Å². The highest BCUT2D eigenvalue weighted by Crippen LogP contribution is 2.26. The summed E-state index contributed by atoms with van der Waals surface area (Å²) < 4.78 is 0. The Morgan fingerprint density at radius 2 is 1.88 bits per heavy atom. The molecule has 0 bridgehead atoms. The zero-order valence-electron chi connectivity index (χ0n) is 15.3. The molecule has 0 unspecified atom stereocenters. The van der Waals surface area contributed by atoms with Crippen LogP contribution in [0.25, 0.3) is 0 Å². The Kier molecular flexibility index (Phi) is 5.34. The molecule has 0 aliphatic carbocycles. The van der Waals surface area contributed by atoms with Crippen LogP contribution < -0.4 is 4.90 Å².